The number of likely N-dealkylation sites (N-methyl/N-ethyl adjacent to an activating group) is 1. The highest BCUT2D eigenvalue weighted by Gasteiger charge is 2.21. The number of fused-ring (bicyclic) bond motifs is 1. The summed E-state index contributed by atoms with van der Waals surface area (Å²) < 4.78 is 0. The Hall–Kier alpha value is -1.87. The Morgan fingerprint density at radius 1 is 0.920 bits per heavy atom. The highest BCUT2D eigenvalue weighted by Crippen LogP contribution is 2.33. The lowest BCUT2D eigenvalue weighted by atomic mass is 9.95. The van der Waals surface area contributed by atoms with Crippen molar-refractivity contribution in [3.63, 3.8) is 0 Å². The molecule has 3 heteroatoms. The van der Waals surface area contributed by atoms with E-state index in [4.69, 9.17) is 4.98 Å². The molecule has 1 aliphatic heterocycles. The Kier molecular flexibility index (Phi) is 5.02. The first-order chi connectivity index (χ1) is 12.3. The minimum atomic E-state index is 1.09. The number of rotatable bonds is 3. The van der Waals surface area contributed by atoms with Gasteiger partial charge in [0.25, 0.3) is 0 Å². The van der Waals surface area contributed by atoms with Crippen LogP contribution in [0.5, 0.6) is 0 Å². The summed E-state index contributed by atoms with van der Waals surface area (Å²) in [4.78, 5) is 10.2. The van der Waals surface area contributed by atoms with Crippen molar-refractivity contribution in [2.75, 3.05) is 37.6 Å². The molecule has 0 spiro atoms. The molecule has 25 heavy (non-hydrogen) atoms. The Morgan fingerprint density at radius 2 is 1.68 bits per heavy atom. The molecule has 2 aromatic rings. The van der Waals surface area contributed by atoms with E-state index in [9.17, 15) is 0 Å². The smallest absolute Gasteiger partial charge is 0.129 e. The molecule has 3 nitrogen and oxygen atoms in total. The lowest BCUT2D eigenvalue weighted by Gasteiger charge is -2.35. The Bertz CT molecular complexity index is 703. The largest absolute Gasteiger partial charge is 0.354 e. The molecule has 0 N–H and O–H groups in total. The molecule has 0 unspecified atom stereocenters. The van der Waals surface area contributed by atoms with Gasteiger partial charge in [-0.2, -0.15) is 0 Å². The number of benzene rings is 1. The molecule has 0 radical (unpaired) electrons. The van der Waals surface area contributed by atoms with Crippen LogP contribution in [0.25, 0.3) is 11.1 Å². The van der Waals surface area contributed by atoms with Crippen molar-refractivity contribution in [2.45, 2.75) is 39.0 Å². The predicted molar refractivity (Wildman–Crippen MR) is 105 cm³/mol. The van der Waals surface area contributed by atoms with Gasteiger partial charge in [-0.3, -0.25) is 0 Å². The van der Waals surface area contributed by atoms with Crippen molar-refractivity contribution < 1.29 is 0 Å². The third-order valence-corrected chi connectivity index (χ3v) is 5.77. The Labute approximate surface area is 151 Å². The monoisotopic (exact) mass is 335 g/mol. The van der Waals surface area contributed by atoms with Gasteiger partial charge >= 0.3 is 0 Å². The predicted octanol–water partition coefficient (Wildman–Crippen LogP) is 4.16. The molecule has 0 atom stereocenters. The second kappa shape index (κ2) is 7.57. The van der Waals surface area contributed by atoms with Gasteiger partial charge in [-0.05, 0) is 55.0 Å². The van der Waals surface area contributed by atoms with Crippen LogP contribution in [0.4, 0.5) is 5.82 Å². The minimum absolute atomic E-state index is 1.09. The molecule has 2 heterocycles. The molecular formula is C22H29N3. The zero-order valence-corrected chi connectivity index (χ0v) is 15.4. The standard InChI is InChI=1S/C22H29N3/c1-2-24-13-15-25(16-14-24)22-17-20(18-9-5-3-6-10-18)19-11-7-4-8-12-21(19)23-22/h3,5-6,9-10,17H,2,4,7-8,11-16H2,1H3. The minimum Gasteiger partial charge on any atom is -0.354 e. The van der Waals surface area contributed by atoms with Gasteiger partial charge in [-0.15, -0.1) is 0 Å². The van der Waals surface area contributed by atoms with E-state index in [1.54, 1.807) is 0 Å². The number of anilines is 1. The van der Waals surface area contributed by atoms with E-state index in [2.05, 4.69) is 53.1 Å². The maximum absolute atomic E-state index is 5.14. The van der Waals surface area contributed by atoms with Gasteiger partial charge in [0.2, 0.25) is 0 Å². The molecular weight excluding hydrogens is 306 g/mol. The summed E-state index contributed by atoms with van der Waals surface area (Å²) in [5.41, 5.74) is 5.61. The van der Waals surface area contributed by atoms with Crippen LogP contribution in [0.1, 0.15) is 37.4 Å². The average Bonchev–Trinajstić information content (AvgIpc) is 2.93. The first-order valence-electron chi connectivity index (χ1n) is 9.90. The fraction of sp³-hybridized carbons (Fsp3) is 0.500. The molecule has 0 saturated carbocycles. The average molecular weight is 335 g/mol. The van der Waals surface area contributed by atoms with Gasteiger partial charge in [-0.1, -0.05) is 43.7 Å². The first kappa shape index (κ1) is 16.6. The quantitative estimate of drug-likeness (QED) is 0.785. The van der Waals surface area contributed by atoms with Crippen LogP contribution in [0.2, 0.25) is 0 Å². The van der Waals surface area contributed by atoms with E-state index < -0.39 is 0 Å². The van der Waals surface area contributed by atoms with Crippen LogP contribution in [0, 0.1) is 0 Å². The number of hydrogen-bond donors (Lipinski definition) is 0. The molecule has 1 saturated heterocycles. The number of nitrogens with zero attached hydrogens (tertiary/aromatic N) is 3. The molecule has 1 aromatic carbocycles. The molecule has 0 bridgehead atoms. The van der Waals surface area contributed by atoms with E-state index in [1.165, 1.54) is 53.9 Å². The van der Waals surface area contributed by atoms with Crippen LogP contribution in [0.15, 0.2) is 36.4 Å². The zero-order chi connectivity index (χ0) is 17.1. The summed E-state index contributed by atoms with van der Waals surface area (Å²) >= 11 is 0. The molecule has 1 aliphatic carbocycles. The summed E-state index contributed by atoms with van der Waals surface area (Å²) in [6.45, 7) is 7.89. The fourth-order valence-electron chi connectivity index (χ4n) is 4.20. The normalized spacial score (nSPS) is 18.7. The van der Waals surface area contributed by atoms with E-state index in [1.807, 2.05) is 0 Å². The lowest BCUT2D eigenvalue weighted by molar-refractivity contribution is 0.270. The van der Waals surface area contributed by atoms with Crippen molar-refractivity contribution in [1.82, 2.24) is 9.88 Å². The molecule has 1 aromatic heterocycles. The van der Waals surface area contributed by atoms with E-state index in [0.29, 0.717) is 0 Å². The van der Waals surface area contributed by atoms with Crippen LogP contribution in [-0.4, -0.2) is 42.6 Å². The summed E-state index contributed by atoms with van der Waals surface area (Å²) in [6.07, 6.45) is 6.22. The summed E-state index contributed by atoms with van der Waals surface area (Å²) in [6, 6.07) is 13.3. The van der Waals surface area contributed by atoms with Crippen LogP contribution in [-0.2, 0) is 12.8 Å². The summed E-state index contributed by atoms with van der Waals surface area (Å²) in [7, 11) is 0. The third kappa shape index (κ3) is 3.57. The van der Waals surface area contributed by atoms with E-state index in [0.717, 1.165) is 39.1 Å². The van der Waals surface area contributed by atoms with Gasteiger partial charge < -0.3 is 9.80 Å². The zero-order valence-electron chi connectivity index (χ0n) is 15.4. The molecule has 4 rings (SSSR count). The second-order valence-corrected chi connectivity index (χ2v) is 7.30. The second-order valence-electron chi connectivity index (χ2n) is 7.30. The van der Waals surface area contributed by atoms with Crippen molar-refractivity contribution in [2.24, 2.45) is 0 Å². The van der Waals surface area contributed by atoms with Crippen molar-refractivity contribution in [3.8, 4) is 11.1 Å². The van der Waals surface area contributed by atoms with Crippen LogP contribution in [0.3, 0.4) is 0 Å². The topological polar surface area (TPSA) is 19.4 Å². The Balaban J connectivity index is 1.72. The van der Waals surface area contributed by atoms with Crippen LogP contribution < -0.4 is 4.90 Å². The lowest BCUT2D eigenvalue weighted by Crippen LogP contribution is -2.46. The summed E-state index contributed by atoms with van der Waals surface area (Å²) in [5.74, 6) is 1.19. The van der Waals surface area contributed by atoms with Gasteiger partial charge in [0.05, 0.1) is 0 Å². The molecule has 1 fully saturated rings. The number of piperazine rings is 1. The van der Waals surface area contributed by atoms with Gasteiger partial charge in [0.1, 0.15) is 5.82 Å². The number of hydrogen-bond acceptors (Lipinski definition) is 3. The highest BCUT2D eigenvalue weighted by atomic mass is 15.3. The van der Waals surface area contributed by atoms with Crippen molar-refractivity contribution >= 4 is 5.82 Å². The van der Waals surface area contributed by atoms with E-state index in [-0.39, 0.29) is 0 Å². The van der Waals surface area contributed by atoms with Crippen molar-refractivity contribution in [3.05, 3.63) is 47.7 Å². The molecule has 2 aliphatic rings. The Morgan fingerprint density at radius 3 is 2.44 bits per heavy atom. The first-order valence-corrected chi connectivity index (χ1v) is 9.90. The fourth-order valence-corrected chi connectivity index (χ4v) is 4.20. The third-order valence-electron chi connectivity index (χ3n) is 5.77. The maximum atomic E-state index is 5.14. The number of aromatic nitrogens is 1. The van der Waals surface area contributed by atoms with Gasteiger partial charge in [0.15, 0.2) is 0 Å². The number of aryl methyl sites for hydroxylation is 1. The van der Waals surface area contributed by atoms with Gasteiger partial charge in [-0.25, -0.2) is 4.98 Å². The van der Waals surface area contributed by atoms with Crippen LogP contribution >= 0.6 is 0 Å². The molecule has 0 amide bonds. The SMILES string of the molecule is CCN1CCN(c2cc(-c3ccccc3)c3c(n2)CCCCC3)CC1. The highest BCUT2D eigenvalue weighted by molar-refractivity contribution is 5.71. The number of pyridine rings is 1. The maximum Gasteiger partial charge on any atom is 0.129 e. The summed E-state index contributed by atoms with van der Waals surface area (Å²) in [5, 5.41) is 0. The molecule has 132 valence electrons. The van der Waals surface area contributed by atoms with E-state index >= 15 is 0 Å². The van der Waals surface area contributed by atoms with Crippen molar-refractivity contribution in [1.29, 1.82) is 0 Å². The van der Waals surface area contributed by atoms with Gasteiger partial charge in [0, 0.05) is 31.9 Å².